The van der Waals surface area contributed by atoms with Gasteiger partial charge in [0.05, 0.1) is 16.7 Å². The second-order valence-corrected chi connectivity index (χ2v) is 7.12. The van der Waals surface area contributed by atoms with Gasteiger partial charge in [-0.2, -0.15) is 0 Å². The smallest absolute Gasteiger partial charge is 0.254 e. The van der Waals surface area contributed by atoms with Gasteiger partial charge < -0.3 is 9.80 Å². The monoisotopic (exact) mass is 317 g/mol. The third-order valence-electron chi connectivity index (χ3n) is 3.85. The Kier molecular flexibility index (Phi) is 4.86. The van der Waals surface area contributed by atoms with Crippen LogP contribution in [0.1, 0.15) is 38.9 Å². The van der Waals surface area contributed by atoms with Crippen LogP contribution in [0.5, 0.6) is 0 Å². The van der Waals surface area contributed by atoms with Gasteiger partial charge >= 0.3 is 0 Å². The number of aromatic nitrogens is 1. The highest BCUT2D eigenvalue weighted by Crippen LogP contribution is 2.27. The molecule has 1 aromatic carbocycles. The fourth-order valence-corrected chi connectivity index (χ4v) is 3.32. The van der Waals surface area contributed by atoms with E-state index in [-0.39, 0.29) is 11.9 Å². The summed E-state index contributed by atoms with van der Waals surface area (Å²) in [5.41, 5.74) is 2.71. The molecule has 22 heavy (non-hydrogen) atoms. The van der Waals surface area contributed by atoms with Gasteiger partial charge in [-0.25, -0.2) is 4.98 Å². The molecule has 1 heterocycles. The van der Waals surface area contributed by atoms with Crippen LogP contribution in [0.15, 0.2) is 24.3 Å². The average molecular weight is 317 g/mol. The molecule has 5 heteroatoms. The maximum absolute atomic E-state index is 12.7. The van der Waals surface area contributed by atoms with Crippen LogP contribution in [0.2, 0.25) is 0 Å². The number of aryl methyl sites for hydroxylation is 2. The number of anilines is 1. The summed E-state index contributed by atoms with van der Waals surface area (Å²) in [6, 6.07) is 7.65. The minimum atomic E-state index is -0.0412. The van der Waals surface area contributed by atoms with Crippen molar-refractivity contribution in [2.45, 2.75) is 26.8 Å². The molecular formula is C17H23N3OS. The Morgan fingerprint density at radius 2 is 1.91 bits per heavy atom. The Morgan fingerprint density at radius 3 is 2.45 bits per heavy atom. The van der Waals surface area contributed by atoms with Crippen LogP contribution in [0.4, 0.5) is 5.69 Å². The topological polar surface area (TPSA) is 36.4 Å². The SMILES string of the molecule is Cc1nc([C@H](C)N(C)C(=O)c2cccc(N(C)C)c2)c(C)s1. The van der Waals surface area contributed by atoms with Gasteiger partial charge in [0.1, 0.15) is 0 Å². The number of rotatable bonds is 4. The van der Waals surface area contributed by atoms with Crippen molar-refractivity contribution in [2.75, 3.05) is 26.0 Å². The van der Waals surface area contributed by atoms with E-state index in [9.17, 15) is 4.79 Å². The first-order valence-electron chi connectivity index (χ1n) is 7.29. The molecule has 0 saturated carbocycles. The van der Waals surface area contributed by atoms with Gasteiger partial charge in [0.2, 0.25) is 0 Å². The fraction of sp³-hybridized carbons (Fsp3) is 0.412. The van der Waals surface area contributed by atoms with Crippen molar-refractivity contribution in [1.82, 2.24) is 9.88 Å². The predicted molar refractivity (Wildman–Crippen MR) is 92.9 cm³/mol. The summed E-state index contributed by atoms with van der Waals surface area (Å²) in [6.45, 7) is 6.08. The number of hydrogen-bond donors (Lipinski definition) is 0. The summed E-state index contributed by atoms with van der Waals surface area (Å²) in [4.78, 5) is 22.2. The van der Waals surface area contributed by atoms with E-state index < -0.39 is 0 Å². The largest absolute Gasteiger partial charge is 0.378 e. The molecule has 0 aliphatic heterocycles. The van der Waals surface area contributed by atoms with E-state index in [0.717, 1.165) is 16.4 Å². The molecule has 0 spiro atoms. The maximum Gasteiger partial charge on any atom is 0.254 e. The van der Waals surface area contributed by atoms with Crippen molar-refractivity contribution in [3.8, 4) is 0 Å². The Bertz CT molecular complexity index is 678. The molecule has 1 amide bonds. The molecule has 0 aliphatic rings. The number of benzene rings is 1. The third kappa shape index (κ3) is 3.30. The van der Waals surface area contributed by atoms with Crippen LogP contribution in [0, 0.1) is 13.8 Å². The summed E-state index contributed by atoms with van der Waals surface area (Å²) in [5.74, 6) is 0.0150. The van der Waals surface area contributed by atoms with E-state index in [1.54, 1.807) is 16.2 Å². The number of carbonyl (C=O) groups excluding carboxylic acids is 1. The number of thiazole rings is 1. The molecule has 1 atom stereocenters. The van der Waals surface area contributed by atoms with Gasteiger partial charge in [0.15, 0.2) is 0 Å². The quantitative estimate of drug-likeness (QED) is 0.863. The van der Waals surface area contributed by atoms with Gasteiger partial charge in [-0.3, -0.25) is 4.79 Å². The molecule has 2 rings (SSSR count). The van der Waals surface area contributed by atoms with Crippen molar-refractivity contribution >= 4 is 22.9 Å². The summed E-state index contributed by atoms with van der Waals surface area (Å²) in [7, 11) is 5.78. The highest BCUT2D eigenvalue weighted by atomic mass is 32.1. The van der Waals surface area contributed by atoms with Crippen LogP contribution in [0.3, 0.4) is 0 Å². The molecule has 118 valence electrons. The normalized spacial score (nSPS) is 12.1. The molecule has 0 N–H and O–H groups in total. The van der Waals surface area contributed by atoms with Crippen LogP contribution in [-0.4, -0.2) is 36.9 Å². The fourth-order valence-electron chi connectivity index (χ4n) is 2.41. The maximum atomic E-state index is 12.7. The van der Waals surface area contributed by atoms with Crippen LogP contribution < -0.4 is 4.90 Å². The summed E-state index contributed by atoms with van der Waals surface area (Å²) in [5, 5.41) is 1.04. The first-order valence-corrected chi connectivity index (χ1v) is 8.11. The molecule has 0 unspecified atom stereocenters. The molecule has 2 aromatic rings. The minimum absolute atomic E-state index is 0.0150. The molecule has 0 fully saturated rings. The zero-order valence-corrected chi connectivity index (χ0v) is 14.9. The zero-order chi connectivity index (χ0) is 16.4. The van der Waals surface area contributed by atoms with Gasteiger partial charge in [-0.05, 0) is 39.0 Å². The lowest BCUT2D eigenvalue weighted by atomic mass is 10.1. The van der Waals surface area contributed by atoms with Gasteiger partial charge in [-0.15, -0.1) is 11.3 Å². The summed E-state index contributed by atoms with van der Waals surface area (Å²) < 4.78 is 0. The molecule has 0 aliphatic carbocycles. The second kappa shape index (κ2) is 6.48. The van der Waals surface area contributed by atoms with E-state index in [0.29, 0.717) is 5.56 Å². The minimum Gasteiger partial charge on any atom is -0.378 e. The summed E-state index contributed by atoms with van der Waals surface area (Å²) in [6.07, 6.45) is 0. The third-order valence-corrected chi connectivity index (χ3v) is 4.75. The van der Waals surface area contributed by atoms with Crippen LogP contribution in [0.25, 0.3) is 0 Å². The van der Waals surface area contributed by atoms with E-state index in [1.165, 1.54) is 4.88 Å². The highest BCUT2D eigenvalue weighted by molar-refractivity contribution is 7.11. The van der Waals surface area contributed by atoms with Crippen molar-refractivity contribution in [2.24, 2.45) is 0 Å². The average Bonchev–Trinajstić information content (AvgIpc) is 2.83. The molecule has 0 radical (unpaired) electrons. The lowest BCUT2D eigenvalue weighted by molar-refractivity contribution is 0.0740. The van der Waals surface area contributed by atoms with E-state index >= 15 is 0 Å². The van der Waals surface area contributed by atoms with Gasteiger partial charge in [0, 0.05) is 37.3 Å². The Morgan fingerprint density at radius 1 is 1.23 bits per heavy atom. The first kappa shape index (κ1) is 16.5. The van der Waals surface area contributed by atoms with Crippen molar-refractivity contribution in [3.63, 3.8) is 0 Å². The summed E-state index contributed by atoms with van der Waals surface area (Å²) >= 11 is 1.67. The van der Waals surface area contributed by atoms with Crippen molar-refractivity contribution in [1.29, 1.82) is 0 Å². The Hall–Kier alpha value is -1.88. The van der Waals surface area contributed by atoms with E-state index in [2.05, 4.69) is 11.9 Å². The molecular weight excluding hydrogens is 294 g/mol. The van der Waals surface area contributed by atoms with E-state index in [4.69, 9.17) is 0 Å². The number of nitrogens with zero attached hydrogens (tertiary/aromatic N) is 3. The number of carbonyl (C=O) groups is 1. The highest BCUT2D eigenvalue weighted by Gasteiger charge is 2.22. The number of amides is 1. The van der Waals surface area contributed by atoms with Gasteiger partial charge in [-0.1, -0.05) is 6.07 Å². The Labute approximate surface area is 136 Å². The molecule has 0 saturated heterocycles. The predicted octanol–water partition coefficient (Wildman–Crippen LogP) is 3.66. The standard InChI is InChI=1S/C17H23N3OS/c1-11(16-12(2)22-13(3)18-16)20(6)17(21)14-8-7-9-15(10-14)19(4)5/h7-11H,1-6H3/t11-/m0/s1. The molecule has 1 aromatic heterocycles. The lowest BCUT2D eigenvalue weighted by Gasteiger charge is -2.25. The zero-order valence-electron chi connectivity index (χ0n) is 14.0. The lowest BCUT2D eigenvalue weighted by Crippen LogP contribution is -2.30. The van der Waals surface area contributed by atoms with Crippen molar-refractivity contribution < 1.29 is 4.79 Å². The van der Waals surface area contributed by atoms with Crippen LogP contribution in [-0.2, 0) is 0 Å². The van der Waals surface area contributed by atoms with Gasteiger partial charge in [0.25, 0.3) is 5.91 Å². The van der Waals surface area contributed by atoms with E-state index in [1.807, 2.05) is 64.2 Å². The van der Waals surface area contributed by atoms with Crippen LogP contribution >= 0.6 is 11.3 Å². The van der Waals surface area contributed by atoms with Crippen molar-refractivity contribution in [3.05, 3.63) is 45.4 Å². The first-order chi connectivity index (χ1) is 10.3. The second-order valence-electron chi connectivity index (χ2n) is 5.71. The molecule has 0 bridgehead atoms. The Balaban J connectivity index is 2.25. The number of hydrogen-bond acceptors (Lipinski definition) is 4. The molecule has 4 nitrogen and oxygen atoms in total.